The zero-order chi connectivity index (χ0) is 21.7. The number of carbonyl (C=O) groups excluding carboxylic acids is 2. The number of carbonyl (C=O) groups is 2. The molecule has 1 aromatic heterocycles. The normalized spacial score (nSPS) is 15.0. The average Bonchev–Trinajstić information content (AvgIpc) is 3.21. The van der Waals surface area contributed by atoms with Crippen LogP contribution in [0.25, 0.3) is 0 Å². The lowest BCUT2D eigenvalue weighted by Crippen LogP contribution is -2.37. The number of benzene rings is 1. The van der Waals surface area contributed by atoms with Crippen molar-refractivity contribution >= 4 is 45.7 Å². The van der Waals surface area contributed by atoms with Crippen LogP contribution in [0.4, 0.5) is 24.0 Å². The molecule has 3 rings (SSSR count). The number of ether oxygens (including phenoxy) is 1. The number of anilines is 2. The minimum absolute atomic E-state index is 0.441. The van der Waals surface area contributed by atoms with E-state index in [1.54, 1.807) is 6.92 Å². The van der Waals surface area contributed by atoms with E-state index in [1.165, 1.54) is 23.1 Å². The monoisotopic (exact) mass is 461 g/mol. The first-order chi connectivity index (χ1) is 14.3. The van der Waals surface area contributed by atoms with Gasteiger partial charge in [-0.15, -0.1) is 10.2 Å². The third-order valence-corrected chi connectivity index (χ3v) is 6.22. The van der Waals surface area contributed by atoms with Gasteiger partial charge < -0.3 is 20.3 Å². The molecule has 13 heteroatoms. The SMILES string of the molecule is CC(Sc1nnc(N2CCOCC2)s1)C(=O)NCC(=O)Nc1ccc(F)c(F)c1F. The molecule has 1 fully saturated rings. The molecular formula is C17H18F3N5O3S2. The maximum absolute atomic E-state index is 13.6. The van der Waals surface area contributed by atoms with Gasteiger partial charge in [0, 0.05) is 13.1 Å². The third-order valence-electron chi connectivity index (χ3n) is 4.06. The highest BCUT2D eigenvalue weighted by molar-refractivity contribution is 8.02. The molecule has 1 saturated heterocycles. The van der Waals surface area contributed by atoms with Crippen LogP contribution >= 0.6 is 23.1 Å². The molecule has 1 aromatic carbocycles. The molecule has 0 spiro atoms. The summed E-state index contributed by atoms with van der Waals surface area (Å²) in [6.45, 7) is 3.88. The number of thioether (sulfide) groups is 1. The topological polar surface area (TPSA) is 96.4 Å². The van der Waals surface area contributed by atoms with Crippen LogP contribution in [0.2, 0.25) is 0 Å². The van der Waals surface area contributed by atoms with Crippen molar-refractivity contribution in [3.63, 3.8) is 0 Å². The van der Waals surface area contributed by atoms with Crippen molar-refractivity contribution in [1.29, 1.82) is 0 Å². The van der Waals surface area contributed by atoms with Crippen molar-refractivity contribution in [2.45, 2.75) is 16.5 Å². The number of nitrogens with zero attached hydrogens (tertiary/aromatic N) is 3. The van der Waals surface area contributed by atoms with Crippen LogP contribution in [0.5, 0.6) is 0 Å². The summed E-state index contributed by atoms with van der Waals surface area (Å²) >= 11 is 2.55. The van der Waals surface area contributed by atoms with E-state index in [0.29, 0.717) is 23.6 Å². The summed E-state index contributed by atoms with van der Waals surface area (Å²) in [6.07, 6.45) is 0. The van der Waals surface area contributed by atoms with Gasteiger partial charge in [0.2, 0.25) is 16.9 Å². The predicted octanol–water partition coefficient (Wildman–Crippen LogP) is 2.03. The van der Waals surface area contributed by atoms with Crippen LogP contribution in [-0.2, 0) is 14.3 Å². The summed E-state index contributed by atoms with van der Waals surface area (Å²) < 4.78 is 45.6. The maximum atomic E-state index is 13.6. The summed E-state index contributed by atoms with van der Waals surface area (Å²) in [5, 5.41) is 12.9. The highest BCUT2D eigenvalue weighted by Crippen LogP contribution is 2.31. The molecule has 2 aromatic rings. The fourth-order valence-corrected chi connectivity index (χ4v) is 4.53. The smallest absolute Gasteiger partial charge is 0.243 e. The molecule has 162 valence electrons. The van der Waals surface area contributed by atoms with Crippen molar-refractivity contribution in [3.8, 4) is 0 Å². The van der Waals surface area contributed by atoms with Crippen molar-refractivity contribution in [3.05, 3.63) is 29.6 Å². The molecule has 1 aliphatic rings. The van der Waals surface area contributed by atoms with E-state index in [4.69, 9.17) is 4.74 Å². The fraction of sp³-hybridized carbons (Fsp3) is 0.412. The van der Waals surface area contributed by atoms with E-state index in [-0.39, 0.29) is 0 Å². The van der Waals surface area contributed by atoms with Crippen molar-refractivity contribution in [2.75, 3.05) is 43.1 Å². The van der Waals surface area contributed by atoms with E-state index in [2.05, 4.69) is 25.7 Å². The molecular weight excluding hydrogens is 443 g/mol. The van der Waals surface area contributed by atoms with Crippen molar-refractivity contribution in [2.24, 2.45) is 0 Å². The predicted molar refractivity (Wildman–Crippen MR) is 106 cm³/mol. The van der Waals surface area contributed by atoms with Gasteiger partial charge in [0.25, 0.3) is 0 Å². The number of hydrogen-bond donors (Lipinski definition) is 2. The second kappa shape index (κ2) is 10.1. The average molecular weight is 461 g/mol. The Hall–Kier alpha value is -2.38. The van der Waals surface area contributed by atoms with E-state index in [1.807, 2.05) is 0 Å². The first kappa shape index (κ1) is 22.3. The number of halogens is 3. The van der Waals surface area contributed by atoms with Gasteiger partial charge in [-0.2, -0.15) is 0 Å². The lowest BCUT2D eigenvalue weighted by molar-refractivity contribution is -0.123. The zero-order valence-corrected chi connectivity index (χ0v) is 17.4. The van der Waals surface area contributed by atoms with E-state index < -0.39 is 46.7 Å². The molecule has 2 amide bonds. The first-order valence-corrected chi connectivity index (χ1v) is 10.6. The molecule has 2 N–H and O–H groups in total. The second-order valence-corrected chi connectivity index (χ2v) is 8.74. The summed E-state index contributed by atoms with van der Waals surface area (Å²) in [7, 11) is 0. The van der Waals surface area contributed by atoms with Crippen LogP contribution in [-0.4, -0.2) is 60.1 Å². The van der Waals surface area contributed by atoms with Crippen LogP contribution in [0, 0.1) is 17.5 Å². The van der Waals surface area contributed by atoms with Crippen LogP contribution in [0.3, 0.4) is 0 Å². The lowest BCUT2D eigenvalue weighted by atomic mass is 10.2. The van der Waals surface area contributed by atoms with E-state index >= 15 is 0 Å². The van der Waals surface area contributed by atoms with Gasteiger partial charge in [-0.3, -0.25) is 9.59 Å². The number of aromatic nitrogens is 2. The van der Waals surface area contributed by atoms with Gasteiger partial charge in [-0.05, 0) is 19.1 Å². The first-order valence-electron chi connectivity index (χ1n) is 8.89. The molecule has 0 saturated carbocycles. The van der Waals surface area contributed by atoms with Crippen molar-refractivity contribution in [1.82, 2.24) is 15.5 Å². The highest BCUT2D eigenvalue weighted by Gasteiger charge is 2.21. The summed E-state index contributed by atoms with van der Waals surface area (Å²) in [4.78, 5) is 26.1. The Kier molecular flexibility index (Phi) is 7.50. The Morgan fingerprint density at radius 1 is 1.23 bits per heavy atom. The number of rotatable bonds is 7. The summed E-state index contributed by atoms with van der Waals surface area (Å²) in [5.41, 5.74) is -0.514. The third kappa shape index (κ3) is 5.61. The molecule has 1 aliphatic heterocycles. The Labute approximate surface area is 178 Å². The molecule has 2 heterocycles. The molecule has 30 heavy (non-hydrogen) atoms. The van der Waals surface area contributed by atoms with Gasteiger partial charge in [0.05, 0.1) is 30.7 Å². The van der Waals surface area contributed by atoms with Crippen LogP contribution in [0.1, 0.15) is 6.92 Å². The fourth-order valence-electron chi connectivity index (χ4n) is 2.47. The minimum Gasteiger partial charge on any atom is -0.378 e. The Morgan fingerprint density at radius 2 is 1.97 bits per heavy atom. The van der Waals surface area contributed by atoms with E-state index in [0.717, 1.165) is 24.3 Å². The molecule has 0 bridgehead atoms. The molecule has 8 nitrogen and oxygen atoms in total. The molecule has 0 aliphatic carbocycles. The number of hydrogen-bond acceptors (Lipinski definition) is 8. The highest BCUT2D eigenvalue weighted by atomic mass is 32.2. The maximum Gasteiger partial charge on any atom is 0.243 e. The number of nitrogens with one attached hydrogen (secondary N) is 2. The van der Waals surface area contributed by atoms with Crippen LogP contribution in [0.15, 0.2) is 16.5 Å². The van der Waals surface area contributed by atoms with Gasteiger partial charge in [0.15, 0.2) is 21.8 Å². The standard InChI is InChI=1S/C17H18F3N5O3S2/c1-9(29-17-24-23-16(30-17)25-4-6-28-7-5-25)15(27)21-8-12(26)22-11-3-2-10(18)13(19)14(11)20/h2-3,9H,4-8H2,1H3,(H,21,27)(H,22,26). The van der Waals surface area contributed by atoms with Crippen molar-refractivity contribution < 1.29 is 27.5 Å². The Morgan fingerprint density at radius 3 is 2.70 bits per heavy atom. The second-order valence-electron chi connectivity index (χ2n) is 6.20. The lowest BCUT2D eigenvalue weighted by Gasteiger charge is -2.25. The number of amides is 2. The van der Waals surface area contributed by atoms with Crippen LogP contribution < -0.4 is 15.5 Å². The van der Waals surface area contributed by atoms with E-state index in [9.17, 15) is 22.8 Å². The minimum atomic E-state index is -1.68. The molecule has 1 atom stereocenters. The quantitative estimate of drug-likeness (QED) is 0.481. The molecule has 0 radical (unpaired) electrons. The zero-order valence-electron chi connectivity index (χ0n) is 15.8. The number of morpholine rings is 1. The van der Waals surface area contributed by atoms with Gasteiger partial charge in [-0.25, -0.2) is 13.2 Å². The van der Waals surface area contributed by atoms with Gasteiger partial charge >= 0.3 is 0 Å². The summed E-state index contributed by atoms with van der Waals surface area (Å²) in [6, 6.07) is 1.59. The molecule has 1 unspecified atom stereocenters. The van der Waals surface area contributed by atoms with Gasteiger partial charge in [0.1, 0.15) is 0 Å². The largest absolute Gasteiger partial charge is 0.378 e. The Bertz CT molecular complexity index is 924. The Balaban J connectivity index is 1.47. The van der Waals surface area contributed by atoms with Gasteiger partial charge in [-0.1, -0.05) is 23.1 Å². The summed E-state index contributed by atoms with van der Waals surface area (Å²) in [5.74, 6) is -5.78.